The van der Waals surface area contributed by atoms with Crippen molar-refractivity contribution in [2.24, 2.45) is 7.05 Å². The monoisotopic (exact) mass is 428 g/mol. The van der Waals surface area contributed by atoms with Crippen molar-refractivity contribution >= 4 is 35.0 Å². The Bertz CT molecular complexity index is 1020. The first-order chi connectivity index (χ1) is 14.0. The Balaban J connectivity index is 1.39. The van der Waals surface area contributed by atoms with Crippen LogP contribution in [0.1, 0.15) is 18.3 Å². The van der Waals surface area contributed by atoms with Crippen molar-refractivity contribution in [3.63, 3.8) is 0 Å². The zero-order valence-electron chi connectivity index (χ0n) is 16.2. The molecular weight excluding hydrogens is 408 g/mol. The van der Waals surface area contributed by atoms with Crippen molar-refractivity contribution in [2.75, 3.05) is 11.4 Å². The minimum absolute atomic E-state index is 0.0851. The third-order valence-corrected chi connectivity index (χ3v) is 6.26. The zero-order chi connectivity index (χ0) is 20.4. The van der Waals surface area contributed by atoms with Crippen molar-refractivity contribution in [3.8, 4) is 5.75 Å². The molecule has 0 radical (unpaired) electrons. The van der Waals surface area contributed by atoms with Gasteiger partial charge in [-0.3, -0.25) is 4.79 Å². The average Bonchev–Trinajstić information content (AvgIpc) is 3.31. The molecule has 150 valence electrons. The summed E-state index contributed by atoms with van der Waals surface area (Å²) in [6, 6.07) is 15.2. The summed E-state index contributed by atoms with van der Waals surface area (Å²) < 4.78 is 7.61. The third kappa shape index (κ3) is 4.26. The van der Waals surface area contributed by atoms with Gasteiger partial charge in [0, 0.05) is 24.3 Å². The Morgan fingerprint density at radius 2 is 1.97 bits per heavy atom. The second kappa shape index (κ2) is 8.47. The van der Waals surface area contributed by atoms with Crippen LogP contribution < -0.4 is 9.64 Å². The van der Waals surface area contributed by atoms with E-state index in [1.54, 1.807) is 12.1 Å². The van der Waals surface area contributed by atoms with Crippen LogP contribution in [0.4, 0.5) is 5.69 Å². The zero-order valence-corrected chi connectivity index (χ0v) is 17.8. The largest absolute Gasteiger partial charge is 0.486 e. The van der Waals surface area contributed by atoms with Gasteiger partial charge < -0.3 is 14.2 Å². The Morgan fingerprint density at radius 1 is 1.21 bits per heavy atom. The molecule has 0 aliphatic carbocycles. The highest BCUT2D eigenvalue weighted by Crippen LogP contribution is 2.31. The molecule has 1 aromatic heterocycles. The number of hydrogen-bond donors (Lipinski definition) is 0. The molecular formula is C21H21ClN4O2S. The Labute approximate surface area is 178 Å². The van der Waals surface area contributed by atoms with E-state index >= 15 is 0 Å². The summed E-state index contributed by atoms with van der Waals surface area (Å²) in [6.07, 6.45) is 0.898. The average molecular weight is 429 g/mol. The maximum atomic E-state index is 13.0. The molecule has 0 spiro atoms. The molecule has 2 aromatic carbocycles. The van der Waals surface area contributed by atoms with Gasteiger partial charge in [-0.15, -0.1) is 10.2 Å². The van der Waals surface area contributed by atoms with Crippen LogP contribution in [0.2, 0.25) is 5.02 Å². The summed E-state index contributed by atoms with van der Waals surface area (Å²) in [6.45, 7) is 2.92. The SMILES string of the molecule is CC(Sc1nnc(COc2ccc(Cl)cc2)n1C)C(=O)N1CCc2ccccc21. The van der Waals surface area contributed by atoms with E-state index in [0.29, 0.717) is 21.8 Å². The number of thioether (sulfide) groups is 1. The first-order valence-corrected chi connectivity index (χ1v) is 10.6. The molecule has 1 aliphatic heterocycles. The van der Waals surface area contributed by atoms with Gasteiger partial charge in [0.15, 0.2) is 11.0 Å². The van der Waals surface area contributed by atoms with Gasteiger partial charge in [-0.25, -0.2) is 0 Å². The van der Waals surface area contributed by atoms with Crippen molar-refractivity contribution < 1.29 is 9.53 Å². The van der Waals surface area contributed by atoms with Crippen molar-refractivity contribution in [2.45, 2.75) is 30.4 Å². The molecule has 1 aliphatic rings. The maximum absolute atomic E-state index is 13.0. The number of anilines is 1. The van der Waals surface area contributed by atoms with Gasteiger partial charge in [-0.2, -0.15) is 0 Å². The summed E-state index contributed by atoms with van der Waals surface area (Å²) in [5.41, 5.74) is 2.23. The smallest absolute Gasteiger partial charge is 0.240 e. The number of fused-ring (bicyclic) bond motifs is 1. The summed E-state index contributed by atoms with van der Waals surface area (Å²) in [4.78, 5) is 14.8. The number of carbonyl (C=O) groups excluding carboxylic acids is 1. The van der Waals surface area contributed by atoms with E-state index in [1.807, 2.05) is 53.8 Å². The Morgan fingerprint density at radius 3 is 2.76 bits per heavy atom. The highest BCUT2D eigenvalue weighted by molar-refractivity contribution is 8.00. The molecule has 4 rings (SSSR count). The summed E-state index contributed by atoms with van der Waals surface area (Å²) in [7, 11) is 1.88. The molecule has 1 unspecified atom stereocenters. The molecule has 2 heterocycles. The highest BCUT2D eigenvalue weighted by Gasteiger charge is 2.29. The van der Waals surface area contributed by atoms with Gasteiger partial charge in [0.25, 0.3) is 0 Å². The quantitative estimate of drug-likeness (QED) is 0.553. The fourth-order valence-corrected chi connectivity index (χ4v) is 4.27. The molecule has 29 heavy (non-hydrogen) atoms. The van der Waals surface area contributed by atoms with E-state index in [-0.39, 0.29) is 17.8 Å². The Kier molecular flexibility index (Phi) is 5.78. The number of hydrogen-bond acceptors (Lipinski definition) is 5. The summed E-state index contributed by atoms with van der Waals surface area (Å²) in [5.74, 6) is 1.48. The van der Waals surface area contributed by atoms with Crippen molar-refractivity contribution in [1.82, 2.24) is 14.8 Å². The number of rotatable bonds is 6. The number of nitrogens with zero attached hydrogens (tertiary/aromatic N) is 4. The standard InChI is InChI=1S/C21H21ClN4O2S/c1-14(20(27)26-12-11-15-5-3-4-6-18(15)26)29-21-24-23-19(25(21)2)13-28-17-9-7-16(22)8-10-17/h3-10,14H,11-13H2,1-2H3. The van der Waals surface area contributed by atoms with Gasteiger partial charge in [0.2, 0.25) is 5.91 Å². The Hall–Kier alpha value is -2.51. The lowest BCUT2D eigenvalue weighted by Crippen LogP contribution is -2.35. The van der Waals surface area contributed by atoms with Crippen LogP contribution in [-0.2, 0) is 24.9 Å². The molecule has 0 saturated heterocycles. The van der Waals surface area contributed by atoms with Gasteiger partial charge in [-0.1, -0.05) is 41.6 Å². The van der Waals surface area contributed by atoms with Gasteiger partial charge >= 0.3 is 0 Å². The summed E-state index contributed by atoms with van der Waals surface area (Å²) >= 11 is 7.30. The molecule has 0 N–H and O–H groups in total. The second-order valence-electron chi connectivity index (χ2n) is 6.83. The van der Waals surface area contributed by atoms with Crippen LogP contribution in [0, 0.1) is 0 Å². The maximum Gasteiger partial charge on any atom is 0.240 e. The highest BCUT2D eigenvalue weighted by atomic mass is 35.5. The molecule has 0 bridgehead atoms. The van der Waals surface area contributed by atoms with Gasteiger partial charge in [0.1, 0.15) is 12.4 Å². The molecule has 1 atom stereocenters. The predicted octanol–water partition coefficient (Wildman–Crippen LogP) is 4.12. The number of ether oxygens (including phenoxy) is 1. The summed E-state index contributed by atoms with van der Waals surface area (Å²) in [5, 5.41) is 9.53. The van der Waals surface area contributed by atoms with E-state index in [0.717, 1.165) is 18.7 Å². The predicted molar refractivity (Wildman–Crippen MR) is 115 cm³/mol. The molecule has 8 heteroatoms. The van der Waals surface area contributed by atoms with E-state index in [9.17, 15) is 4.79 Å². The van der Waals surface area contributed by atoms with Crippen molar-refractivity contribution in [3.05, 3.63) is 64.9 Å². The molecule has 3 aromatic rings. The first-order valence-electron chi connectivity index (χ1n) is 9.35. The number of aromatic nitrogens is 3. The van der Waals surface area contributed by atoms with Crippen molar-refractivity contribution in [1.29, 1.82) is 0 Å². The lowest BCUT2D eigenvalue weighted by Gasteiger charge is -2.21. The lowest BCUT2D eigenvalue weighted by molar-refractivity contribution is -0.117. The fraction of sp³-hybridized carbons (Fsp3) is 0.286. The van der Waals surface area contributed by atoms with Gasteiger partial charge in [-0.05, 0) is 49.2 Å². The van der Waals surface area contributed by atoms with Crippen LogP contribution in [0.5, 0.6) is 5.75 Å². The first kappa shape index (κ1) is 19.8. The number of carbonyl (C=O) groups is 1. The fourth-order valence-electron chi connectivity index (χ4n) is 3.25. The van der Waals surface area contributed by atoms with Crippen LogP contribution in [0.25, 0.3) is 0 Å². The van der Waals surface area contributed by atoms with Crippen LogP contribution in [0.3, 0.4) is 0 Å². The number of amides is 1. The molecule has 1 amide bonds. The number of para-hydroxylation sites is 1. The topological polar surface area (TPSA) is 60.3 Å². The van der Waals surface area contributed by atoms with Crippen LogP contribution in [0.15, 0.2) is 53.7 Å². The number of benzene rings is 2. The minimum Gasteiger partial charge on any atom is -0.486 e. The van der Waals surface area contributed by atoms with Gasteiger partial charge in [0.05, 0.1) is 5.25 Å². The lowest BCUT2D eigenvalue weighted by atomic mass is 10.2. The minimum atomic E-state index is -0.269. The third-order valence-electron chi connectivity index (χ3n) is 4.89. The normalized spacial score (nSPS) is 14.0. The van der Waals surface area contributed by atoms with E-state index in [4.69, 9.17) is 16.3 Å². The molecule has 0 saturated carbocycles. The molecule has 6 nitrogen and oxygen atoms in total. The number of halogens is 1. The second-order valence-corrected chi connectivity index (χ2v) is 8.57. The van der Waals surface area contributed by atoms with Crippen LogP contribution >= 0.6 is 23.4 Å². The molecule has 0 fully saturated rings. The van der Waals surface area contributed by atoms with E-state index in [1.165, 1.54) is 17.3 Å². The van der Waals surface area contributed by atoms with E-state index < -0.39 is 0 Å². The van der Waals surface area contributed by atoms with E-state index in [2.05, 4.69) is 16.3 Å². The van der Waals surface area contributed by atoms with Crippen LogP contribution in [-0.4, -0.2) is 32.5 Å².